The van der Waals surface area contributed by atoms with Crippen molar-refractivity contribution >= 4 is 12.4 Å². The van der Waals surface area contributed by atoms with Gasteiger partial charge in [0.25, 0.3) is 0 Å². The van der Waals surface area contributed by atoms with Crippen molar-refractivity contribution in [1.29, 1.82) is 0 Å². The van der Waals surface area contributed by atoms with E-state index in [0.717, 1.165) is 6.54 Å². The Labute approximate surface area is 76.3 Å². The predicted molar refractivity (Wildman–Crippen MR) is 52.7 cm³/mol. The van der Waals surface area contributed by atoms with E-state index in [1.165, 1.54) is 19.3 Å². The molecule has 0 aliphatic heterocycles. The summed E-state index contributed by atoms with van der Waals surface area (Å²) in [5.41, 5.74) is 3.13. The summed E-state index contributed by atoms with van der Waals surface area (Å²) in [6.07, 6.45) is 3.75. The second-order valence-corrected chi connectivity index (χ2v) is 3.97. The molecule has 0 saturated heterocycles. The van der Waals surface area contributed by atoms with E-state index in [2.05, 4.69) is 26.2 Å². The highest BCUT2D eigenvalue weighted by molar-refractivity contribution is 5.85. The van der Waals surface area contributed by atoms with Crippen LogP contribution in [0.5, 0.6) is 0 Å². The van der Waals surface area contributed by atoms with Crippen LogP contribution in [0.4, 0.5) is 0 Å². The monoisotopic (exact) mass is 180 g/mol. The van der Waals surface area contributed by atoms with Crippen LogP contribution in [0.3, 0.4) is 0 Å². The maximum Gasteiger partial charge on any atom is 0.00974 e. The first kappa shape index (κ1) is 13.8. The minimum absolute atomic E-state index is 0. The highest BCUT2D eigenvalue weighted by atomic mass is 35.5. The third kappa shape index (κ3) is 13.2. The Morgan fingerprint density at radius 1 is 1.18 bits per heavy atom. The smallest absolute Gasteiger partial charge is 0.00974 e. The predicted octanol–water partition coefficient (Wildman–Crippen LogP) is 2.09. The number of rotatable bonds is 4. The first-order chi connectivity index (χ1) is 4.56. The maximum atomic E-state index is 5.13. The third-order valence-corrected chi connectivity index (χ3v) is 1.50. The molecule has 0 rings (SSSR count). The molecular formula is C8H21ClN2. The zero-order valence-corrected chi connectivity index (χ0v) is 8.63. The van der Waals surface area contributed by atoms with Crippen LogP contribution in [0.1, 0.15) is 40.0 Å². The summed E-state index contributed by atoms with van der Waals surface area (Å²) in [5.74, 6) is 5.13. The summed E-state index contributed by atoms with van der Waals surface area (Å²) in [6, 6.07) is 0. The van der Waals surface area contributed by atoms with Gasteiger partial charge in [0.05, 0.1) is 0 Å². The number of nitrogens with one attached hydrogen (secondary N) is 1. The van der Waals surface area contributed by atoms with Gasteiger partial charge in [-0.1, -0.05) is 27.2 Å². The molecule has 0 atom stereocenters. The van der Waals surface area contributed by atoms with Crippen LogP contribution in [0.15, 0.2) is 0 Å². The number of hydrazine groups is 1. The van der Waals surface area contributed by atoms with Crippen LogP contribution >= 0.6 is 12.4 Å². The molecule has 0 aromatic heterocycles. The third-order valence-electron chi connectivity index (χ3n) is 1.50. The molecule has 0 spiro atoms. The topological polar surface area (TPSA) is 38.0 Å². The van der Waals surface area contributed by atoms with Gasteiger partial charge in [-0.2, -0.15) is 0 Å². The van der Waals surface area contributed by atoms with Crippen molar-refractivity contribution in [3.05, 3.63) is 0 Å². The van der Waals surface area contributed by atoms with Crippen molar-refractivity contribution in [3.8, 4) is 0 Å². The van der Waals surface area contributed by atoms with E-state index in [9.17, 15) is 0 Å². The molecular weight excluding hydrogens is 160 g/mol. The van der Waals surface area contributed by atoms with Crippen LogP contribution < -0.4 is 11.3 Å². The SMILES string of the molecule is CC(C)(C)CCCCNN.Cl. The molecule has 2 nitrogen and oxygen atoms in total. The summed E-state index contributed by atoms with van der Waals surface area (Å²) >= 11 is 0. The van der Waals surface area contributed by atoms with Gasteiger partial charge in [0, 0.05) is 6.54 Å². The summed E-state index contributed by atoms with van der Waals surface area (Å²) in [4.78, 5) is 0. The molecule has 3 N–H and O–H groups in total. The normalized spacial score (nSPS) is 10.9. The summed E-state index contributed by atoms with van der Waals surface area (Å²) in [7, 11) is 0. The van der Waals surface area contributed by atoms with Crippen molar-refractivity contribution in [2.45, 2.75) is 40.0 Å². The second-order valence-electron chi connectivity index (χ2n) is 3.97. The van der Waals surface area contributed by atoms with E-state index in [0.29, 0.717) is 5.41 Å². The van der Waals surface area contributed by atoms with Gasteiger partial charge in [-0.3, -0.25) is 11.3 Å². The summed E-state index contributed by atoms with van der Waals surface area (Å²) in [5, 5.41) is 0. The summed E-state index contributed by atoms with van der Waals surface area (Å²) < 4.78 is 0. The number of hydrogen-bond acceptors (Lipinski definition) is 2. The van der Waals surface area contributed by atoms with Crippen molar-refractivity contribution in [2.24, 2.45) is 11.3 Å². The first-order valence-corrected chi connectivity index (χ1v) is 4.00. The first-order valence-electron chi connectivity index (χ1n) is 4.00. The highest BCUT2D eigenvalue weighted by Crippen LogP contribution is 2.20. The number of hydrogen-bond donors (Lipinski definition) is 2. The molecule has 0 amide bonds. The van der Waals surface area contributed by atoms with E-state index in [4.69, 9.17) is 5.84 Å². The molecule has 70 valence electrons. The fraction of sp³-hybridized carbons (Fsp3) is 1.00. The summed E-state index contributed by atoms with van der Waals surface area (Å²) in [6.45, 7) is 7.74. The number of nitrogens with two attached hydrogens (primary N) is 1. The molecule has 0 radical (unpaired) electrons. The zero-order valence-electron chi connectivity index (χ0n) is 7.81. The Balaban J connectivity index is 0. The molecule has 0 unspecified atom stereocenters. The van der Waals surface area contributed by atoms with E-state index in [1.54, 1.807) is 0 Å². The molecule has 0 aromatic rings. The maximum absolute atomic E-state index is 5.13. The number of unbranched alkanes of at least 4 members (excludes halogenated alkanes) is 1. The van der Waals surface area contributed by atoms with Crippen molar-refractivity contribution in [3.63, 3.8) is 0 Å². The lowest BCUT2D eigenvalue weighted by Crippen LogP contribution is -2.23. The molecule has 0 saturated carbocycles. The lowest BCUT2D eigenvalue weighted by atomic mass is 9.90. The largest absolute Gasteiger partial charge is 0.271 e. The molecule has 0 fully saturated rings. The molecule has 11 heavy (non-hydrogen) atoms. The molecule has 0 aromatic carbocycles. The lowest BCUT2D eigenvalue weighted by molar-refractivity contribution is 0.359. The van der Waals surface area contributed by atoms with Crippen LogP contribution in [0.25, 0.3) is 0 Å². The van der Waals surface area contributed by atoms with Gasteiger partial charge in [0.2, 0.25) is 0 Å². The van der Waals surface area contributed by atoms with E-state index < -0.39 is 0 Å². The fourth-order valence-corrected chi connectivity index (χ4v) is 0.882. The Morgan fingerprint density at radius 2 is 1.73 bits per heavy atom. The van der Waals surface area contributed by atoms with Gasteiger partial charge in [0.1, 0.15) is 0 Å². The van der Waals surface area contributed by atoms with Crippen LogP contribution in [0, 0.1) is 5.41 Å². The fourth-order valence-electron chi connectivity index (χ4n) is 0.882. The van der Waals surface area contributed by atoms with Gasteiger partial charge in [-0.15, -0.1) is 12.4 Å². The van der Waals surface area contributed by atoms with Crippen molar-refractivity contribution in [2.75, 3.05) is 6.54 Å². The Hall–Kier alpha value is 0.210. The highest BCUT2D eigenvalue weighted by Gasteiger charge is 2.08. The standard InChI is InChI=1S/C8H20N2.ClH/c1-8(2,3)6-4-5-7-10-9;/h10H,4-7,9H2,1-3H3;1H. The zero-order chi connectivity index (χ0) is 8.04. The molecule has 0 bridgehead atoms. The van der Waals surface area contributed by atoms with Gasteiger partial charge >= 0.3 is 0 Å². The lowest BCUT2D eigenvalue weighted by Gasteiger charge is -2.17. The molecule has 0 aliphatic rings. The van der Waals surface area contributed by atoms with Crippen LogP contribution in [-0.2, 0) is 0 Å². The van der Waals surface area contributed by atoms with Crippen LogP contribution in [-0.4, -0.2) is 6.54 Å². The van der Waals surface area contributed by atoms with Gasteiger partial charge < -0.3 is 0 Å². The van der Waals surface area contributed by atoms with E-state index in [1.807, 2.05) is 0 Å². The molecule has 0 aliphatic carbocycles. The number of halogens is 1. The molecule has 0 heterocycles. The Morgan fingerprint density at radius 3 is 2.09 bits per heavy atom. The van der Waals surface area contributed by atoms with E-state index >= 15 is 0 Å². The average molecular weight is 181 g/mol. The minimum Gasteiger partial charge on any atom is -0.271 e. The van der Waals surface area contributed by atoms with Crippen molar-refractivity contribution < 1.29 is 0 Å². The minimum atomic E-state index is 0. The Bertz CT molecular complexity index is 78.7. The van der Waals surface area contributed by atoms with Gasteiger partial charge in [-0.25, -0.2) is 0 Å². The second kappa shape index (κ2) is 6.89. The van der Waals surface area contributed by atoms with Gasteiger partial charge in [0.15, 0.2) is 0 Å². The van der Waals surface area contributed by atoms with Gasteiger partial charge in [-0.05, 0) is 18.3 Å². The average Bonchev–Trinajstić information content (AvgIpc) is 1.78. The quantitative estimate of drug-likeness (QED) is 0.395. The molecule has 3 heteroatoms. The Kier molecular flexibility index (Phi) is 8.63. The van der Waals surface area contributed by atoms with Crippen LogP contribution in [0.2, 0.25) is 0 Å². The van der Waals surface area contributed by atoms with E-state index in [-0.39, 0.29) is 12.4 Å². The van der Waals surface area contributed by atoms with Crippen molar-refractivity contribution in [1.82, 2.24) is 5.43 Å².